The number of anilines is 1. The Hall–Kier alpha value is -2.50. The summed E-state index contributed by atoms with van der Waals surface area (Å²) in [6.45, 7) is 4.08. The zero-order valence-electron chi connectivity index (χ0n) is 15.5. The number of nitrogens with zero attached hydrogens (tertiary/aromatic N) is 3. The van der Waals surface area contributed by atoms with Crippen molar-refractivity contribution in [1.29, 1.82) is 0 Å². The topological polar surface area (TPSA) is 61.3 Å². The van der Waals surface area contributed by atoms with E-state index in [0.29, 0.717) is 5.92 Å². The molecule has 5 nitrogen and oxygen atoms in total. The number of hydrogen-bond acceptors (Lipinski definition) is 5. The lowest BCUT2D eigenvalue weighted by Gasteiger charge is -2.31. The number of β-amino-alcohol motifs (C(OH)–C–C–N with tert-alkyl or cyclic N) is 1. The van der Waals surface area contributed by atoms with Crippen molar-refractivity contribution < 1.29 is 5.11 Å². The van der Waals surface area contributed by atoms with Crippen LogP contribution in [0.2, 0.25) is 0 Å². The third kappa shape index (κ3) is 4.26. The van der Waals surface area contributed by atoms with Gasteiger partial charge in [0.2, 0.25) is 0 Å². The van der Waals surface area contributed by atoms with Gasteiger partial charge < -0.3 is 15.3 Å². The molecule has 2 heterocycles. The first-order chi connectivity index (χ1) is 13.3. The van der Waals surface area contributed by atoms with Crippen LogP contribution in [0.1, 0.15) is 12.8 Å². The molecule has 0 radical (unpaired) electrons. The molecule has 0 bridgehead atoms. The maximum atomic E-state index is 9.09. The Kier molecular flexibility index (Phi) is 5.61. The van der Waals surface area contributed by atoms with Crippen LogP contribution in [0.25, 0.3) is 22.3 Å². The van der Waals surface area contributed by atoms with Crippen LogP contribution in [-0.4, -0.2) is 52.8 Å². The fourth-order valence-corrected chi connectivity index (χ4v) is 3.72. The van der Waals surface area contributed by atoms with E-state index in [9.17, 15) is 0 Å². The number of aromatic nitrogens is 2. The summed E-state index contributed by atoms with van der Waals surface area (Å²) in [5.74, 6) is 2.31. The Morgan fingerprint density at radius 2 is 1.70 bits per heavy atom. The first-order valence-electron chi connectivity index (χ1n) is 9.73. The van der Waals surface area contributed by atoms with Crippen molar-refractivity contribution in [3.63, 3.8) is 0 Å². The van der Waals surface area contributed by atoms with Crippen molar-refractivity contribution in [1.82, 2.24) is 14.9 Å². The van der Waals surface area contributed by atoms with Crippen molar-refractivity contribution >= 4 is 16.7 Å². The summed E-state index contributed by atoms with van der Waals surface area (Å²) in [4.78, 5) is 11.9. The van der Waals surface area contributed by atoms with Crippen molar-refractivity contribution in [2.75, 3.05) is 38.1 Å². The van der Waals surface area contributed by atoms with E-state index in [1.807, 2.05) is 48.5 Å². The van der Waals surface area contributed by atoms with Gasteiger partial charge in [0.1, 0.15) is 5.82 Å². The van der Waals surface area contributed by atoms with Crippen molar-refractivity contribution in [2.45, 2.75) is 12.8 Å². The van der Waals surface area contributed by atoms with Gasteiger partial charge in [0.15, 0.2) is 5.82 Å². The summed E-state index contributed by atoms with van der Waals surface area (Å²) < 4.78 is 0. The number of aliphatic hydroxyl groups excluding tert-OH is 1. The summed E-state index contributed by atoms with van der Waals surface area (Å²) >= 11 is 0. The van der Waals surface area contributed by atoms with Crippen LogP contribution in [0.15, 0.2) is 54.6 Å². The number of para-hydroxylation sites is 1. The lowest BCUT2D eigenvalue weighted by Crippen LogP contribution is -2.37. The molecule has 2 aromatic carbocycles. The number of benzene rings is 2. The highest BCUT2D eigenvalue weighted by Crippen LogP contribution is 2.26. The van der Waals surface area contributed by atoms with Crippen LogP contribution < -0.4 is 5.32 Å². The van der Waals surface area contributed by atoms with Crippen LogP contribution in [-0.2, 0) is 0 Å². The molecule has 140 valence electrons. The van der Waals surface area contributed by atoms with Crippen LogP contribution in [0.4, 0.5) is 5.82 Å². The molecule has 1 aliphatic rings. The predicted molar refractivity (Wildman–Crippen MR) is 110 cm³/mol. The normalized spacial score (nSPS) is 15.9. The average molecular weight is 362 g/mol. The maximum Gasteiger partial charge on any atom is 0.162 e. The van der Waals surface area contributed by atoms with Gasteiger partial charge in [-0.25, -0.2) is 9.97 Å². The van der Waals surface area contributed by atoms with E-state index in [1.165, 1.54) is 0 Å². The fourth-order valence-electron chi connectivity index (χ4n) is 3.72. The van der Waals surface area contributed by atoms with Crippen molar-refractivity contribution in [3.05, 3.63) is 54.6 Å². The molecule has 27 heavy (non-hydrogen) atoms. The van der Waals surface area contributed by atoms with Gasteiger partial charge in [-0.1, -0.05) is 42.5 Å². The minimum Gasteiger partial charge on any atom is -0.395 e. The van der Waals surface area contributed by atoms with E-state index < -0.39 is 0 Å². The predicted octanol–water partition coefficient (Wildman–Crippen LogP) is 3.41. The van der Waals surface area contributed by atoms with Gasteiger partial charge in [-0.3, -0.25) is 0 Å². The molecule has 0 spiro atoms. The molecular weight excluding hydrogens is 336 g/mol. The molecule has 5 heteroatoms. The van der Waals surface area contributed by atoms with Crippen molar-refractivity contribution in [2.24, 2.45) is 5.92 Å². The molecule has 0 aliphatic carbocycles. The molecule has 2 N–H and O–H groups in total. The Labute approximate surface area is 160 Å². The van der Waals surface area contributed by atoms with Gasteiger partial charge >= 0.3 is 0 Å². The van der Waals surface area contributed by atoms with Gasteiger partial charge in [0, 0.05) is 24.0 Å². The van der Waals surface area contributed by atoms with E-state index in [1.54, 1.807) is 0 Å². The van der Waals surface area contributed by atoms with E-state index in [0.717, 1.165) is 67.1 Å². The van der Waals surface area contributed by atoms with Gasteiger partial charge in [0.05, 0.1) is 12.1 Å². The third-order valence-corrected chi connectivity index (χ3v) is 5.32. The van der Waals surface area contributed by atoms with Crippen LogP contribution in [0.3, 0.4) is 0 Å². The summed E-state index contributed by atoms with van der Waals surface area (Å²) in [6, 6.07) is 18.3. The third-order valence-electron chi connectivity index (χ3n) is 5.32. The van der Waals surface area contributed by atoms with Crippen LogP contribution in [0, 0.1) is 5.92 Å². The van der Waals surface area contributed by atoms with Crippen LogP contribution in [0.5, 0.6) is 0 Å². The smallest absolute Gasteiger partial charge is 0.162 e. The summed E-state index contributed by atoms with van der Waals surface area (Å²) in [5.41, 5.74) is 2.00. The van der Waals surface area contributed by atoms with E-state index in [-0.39, 0.29) is 6.61 Å². The minimum atomic E-state index is 0.248. The monoisotopic (exact) mass is 362 g/mol. The number of rotatable bonds is 6. The fraction of sp³-hybridized carbons (Fsp3) is 0.364. The lowest BCUT2D eigenvalue weighted by molar-refractivity contribution is 0.151. The highest BCUT2D eigenvalue weighted by Gasteiger charge is 2.19. The second-order valence-electron chi connectivity index (χ2n) is 7.17. The summed E-state index contributed by atoms with van der Waals surface area (Å²) in [6.07, 6.45) is 2.31. The number of hydrogen-bond donors (Lipinski definition) is 2. The molecule has 3 aromatic rings. The largest absolute Gasteiger partial charge is 0.395 e. The Balaban J connectivity index is 1.52. The molecule has 0 unspecified atom stereocenters. The molecule has 1 fully saturated rings. The average Bonchev–Trinajstić information content (AvgIpc) is 2.74. The summed E-state index contributed by atoms with van der Waals surface area (Å²) in [5, 5.41) is 13.7. The molecule has 1 aromatic heterocycles. The molecule has 0 atom stereocenters. The highest BCUT2D eigenvalue weighted by atomic mass is 16.3. The minimum absolute atomic E-state index is 0.248. The second-order valence-corrected chi connectivity index (χ2v) is 7.17. The maximum absolute atomic E-state index is 9.09. The molecule has 4 rings (SSSR count). The molecule has 0 amide bonds. The molecule has 1 aliphatic heterocycles. The summed E-state index contributed by atoms with van der Waals surface area (Å²) in [7, 11) is 0. The van der Waals surface area contributed by atoms with E-state index >= 15 is 0 Å². The Morgan fingerprint density at radius 1 is 0.963 bits per heavy atom. The van der Waals surface area contributed by atoms with E-state index in [4.69, 9.17) is 15.1 Å². The number of piperidine rings is 1. The van der Waals surface area contributed by atoms with Crippen LogP contribution >= 0.6 is 0 Å². The zero-order valence-corrected chi connectivity index (χ0v) is 15.5. The first kappa shape index (κ1) is 17.9. The Bertz CT molecular complexity index is 876. The standard InChI is InChI=1S/C22H26N4O/c27-15-14-26-12-10-17(11-13-26)16-23-22-19-8-4-5-9-20(19)24-21(25-22)18-6-2-1-3-7-18/h1-9,17,27H,10-16H2,(H,23,24,25). The second kappa shape index (κ2) is 8.46. The van der Waals surface area contributed by atoms with Crippen molar-refractivity contribution in [3.8, 4) is 11.4 Å². The van der Waals surface area contributed by atoms with Gasteiger partial charge in [-0.05, 0) is 44.0 Å². The van der Waals surface area contributed by atoms with E-state index in [2.05, 4.69) is 16.3 Å². The number of aliphatic hydroxyl groups is 1. The number of nitrogens with one attached hydrogen (secondary N) is 1. The van der Waals surface area contributed by atoms with Gasteiger partial charge in [-0.2, -0.15) is 0 Å². The zero-order chi connectivity index (χ0) is 18.5. The number of likely N-dealkylation sites (tertiary alicyclic amines) is 1. The molecule has 0 saturated carbocycles. The lowest BCUT2D eigenvalue weighted by atomic mass is 9.97. The SMILES string of the molecule is OCCN1CCC(CNc2nc(-c3ccccc3)nc3ccccc23)CC1. The van der Waals surface area contributed by atoms with Gasteiger partial charge in [0.25, 0.3) is 0 Å². The molecular formula is C22H26N4O. The Morgan fingerprint density at radius 3 is 2.48 bits per heavy atom. The molecule has 1 saturated heterocycles. The highest BCUT2D eigenvalue weighted by molar-refractivity contribution is 5.90. The number of fused-ring (bicyclic) bond motifs is 1. The quantitative estimate of drug-likeness (QED) is 0.704. The van der Waals surface area contributed by atoms with Gasteiger partial charge in [-0.15, -0.1) is 0 Å². The first-order valence-corrected chi connectivity index (χ1v) is 9.73.